The average Bonchev–Trinajstić information content (AvgIpc) is 2.05. The van der Waals surface area contributed by atoms with Crippen LogP contribution in [0.3, 0.4) is 0 Å². The Bertz CT molecular complexity index is 214. The maximum Gasteiger partial charge on any atom is 0.149 e. The molecular weight excluding hydrogens is 152 g/mol. The molecule has 1 aliphatic carbocycles. The average molecular weight is 166 g/mol. The zero-order chi connectivity index (χ0) is 8.97. The number of hydrogen-bond donors (Lipinski definition) is 0. The van der Waals surface area contributed by atoms with Crippen LogP contribution in [0.25, 0.3) is 0 Å². The summed E-state index contributed by atoms with van der Waals surface area (Å²) >= 11 is 0. The van der Waals surface area contributed by atoms with Gasteiger partial charge in [0.25, 0.3) is 0 Å². The number of hydrogen-bond acceptors (Lipinski definition) is 2. The molecule has 1 aliphatic rings. The van der Waals surface area contributed by atoms with Crippen molar-refractivity contribution >= 4 is 6.29 Å². The summed E-state index contributed by atoms with van der Waals surface area (Å²) in [6.45, 7) is 4.01. The minimum absolute atomic E-state index is 0.147. The topological polar surface area (TPSA) is 26.3 Å². The van der Waals surface area contributed by atoms with Crippen LogP contribution in [0.1, 0.15) is 20.3 Å². The Balaban J connectivity index is 2.43. The van der Waals surface area contributed by atoms with Gasteiger partial charge in [-0.2, -0.15) is 0 Å². The molecule has 0 saturated carbocycles. The molecule has 0 aliphatic heterocycles. The van der Waals surface area contributed by atoms with Crippen LogP contribution in [0.5, 0.6) is 0 Å². The van der Waals surface area contributed by atoms with E-state index in [0.29, 0.717) is 0 Å². The highest BCUT2D eigenvalue weighted by Crippen LogP contribution is 2.13. The molecule has 0 saturated heterocycles. The van der Waals surface area contributed by atoms with E-state index in [-0.39, 0.29) is 12.2 Å². The predicted octanol–water partition coefficient (Wildman–Crippen LogP) is 1.87. The fraction of sp³-hybridized carbons (Fsp3) is 0.500. The van der Waals surface area contributed by atoms with Crippen molar-refractivity contribution in [1.82, 2.24) is 0 Å². The van der Waals surface area contributed by atoms with Crippen LogP contribution in [0, 0.1) is 0 Å². The summed E-state index contributed by atoms with van der Waals surface area (Å²) in [7, 11) is 0. The summed E-state index contributed by atoms with van der Waals surface area (Å²) in [4.78, 5) is 10.3. The lowest BCUT2D eigenvalue weighted by Crippen LogP contribution is -2.16. The summed E-state index contributed by atoms with van der Waals surface area (Å²) in [6.07, 6.45) is 7.71. The van der Waals surface area contributed by atoms with Gasteiger partial charge in [-0.3, -0.25) is 4.79 Å². The largest absolute Gasteiger partial charge is 0.371 e. The monoisotopic (exact) mass is 166 g/mol. The zero-order valence-electron chi connectivity index (χ0n) is 7.49. The molecule has 0 fully saturated rings. The summed E-state index contributed by atoms with van der Waals surface area (Å²) in [5, 5.41) is 0. The number of rotatable bonds is 3. The van der Waals surface area contributed by atoms with E-state index in [4.69, 9.17) is 4.74 Å². The Hall–Kier alpha value is -0.890. The van der Waals surface area contributed by atoms with Crippen LogP contribution < -0.4 is 0 Å². The Morgan fingerprint density at radius 1 is 1.67 bits per heavy atom. The van der Waals surface area contributed by atoms with E-state index in [0.717, 1.165) is 18.3 Å². The van der Waals surface area contributed by atoms with Crippen LogP contribution in [-0.2, 0) is 9.53 Å². The molecule has 0 bridgehead atoms. The van der Waals surface area contributed by atoms with Gasteiger partial charge in [-0.05, 0) is 20.3 Å². The second-order valence-electron chi connectivity index (χ2n) is 3.14. The van der Waals surface area contributed by atoms with E-state index in [1.807, 2.05) is 32.1 Å². The minimum Gasteiger partial charge on any atom is -0.371 e. The molecule has 1 atom stereocenters. The lowest BCUT2D eigenvalue weighted by atomic mass is 10.1. The van der Waals surface area contributed by atoms with E-state index in [1.54, 1.807) is 0 Å². The number of ether oxygens (including phenoxy) is 1. The van der Waals surface area contributed by atoms with Gasteiger partial charge in [-0.25, -0.2) is 0 Å². The quantitative estimate of drug-likeness (QED) is 0.598. The summed E-state index contributed by atoms with van der Waals surface area (Å²) in [6, 6.07) is 0. The molecule has 0 aromatic rings. The van der Waals surface area contributed by atoms with E-state index in [1.165, 1.54) is 0 Å². The summed E-state index contributed by atoms with van der Waals surface area (Å²) in [5.41, 5.74) is 0.749. The zero-order valence-corrected chi connectivity index (χ0v) is 7.49. The van der Waals surface area contributed by atoms with Crippen molar-refractivity contribution in [1.29, 1.82) is 0 Å². The lowest BCUT2D eigenvalue weighted by molar-refractivity contribution is -0.104. The van der Waals surface area contributed by atoms with Gasteiger partial charge in [0, 0.05) is 5.57 Å². The van der Waals surface area contributed by atoms with Crippen molar-refractivity contribution in [2.24, 2.45) is 0 Å². The van der Waals surface area contributed by atoms with Crippen LogP contribution in [0.2, 0.25) is 0 Å². The van der Waals surface area contributed by atoms with Crippen molar-refractivity contribution in [3.63, 3.8) is 0 Å². The molecule has 1 rings (SSSR count). The smallest absolute Gasteiger partial charge is 0.149 e. The Morgan fingerprint density at radius 3 is 2.83 bits per heavy atom. The Morgan fingerprint density at radius 2 is 2.42 bits per heavy atom. The maximum absolute atomic E-state index is 10.3. The number of carbonyl (C=O) groups excluding carboxylic acids is 1. The van der Waals surface area contributed by atoms with E-state index in [9.17, 15) is 4.79 Å². The molecular formula is C10H14O2. The Kier molecular flexibility index (Phi) is 3.23. The van der Waals surface area contributed by atoms with Crippen LogP contribution in [0.4, 0.5) is 0 Å². The van der Waals surface area contributed by atoms with Gasteiger partial charge in [0.1, 0.15) is 6.29 Å². The van der Waals surface area contributed by atoms with Gasteiger partial charge < -0.3 is 4.74 Å². The molecule has 66 valence electrons. The molecule has 0 N–H and O–H groups in total. The normalized spacial score (nSPS) is 22.6. The van der Waals surface area contributed by atoms with Crippen molar-refractivity contribution in [3.05, 3.63) is 23.8 Å². The van der Waals surface area contributed by atoms with Gasteiger partial charge in [-0.15, -0.1) is 0 Å². The fourth-order valence-corrected chi connectivity index (χ4v) is 1.16. The van der Waals surface area contributed by atoms with Gasteiger partial charge >= 0.3 is 0 Å². The first-order valence-corrected chi connectivity index (χ1v) is 4.21. The van der Waals surface area contributed by atoms with Gasteiger partial charge in [0.2, 0.25) is 0 Å². The minimum atomic E-state index is 0.147. The molecule has 1 unspecified atom stereocenters. The van der Waals surface area contributed by atoms with E-state index in [2.05, 4.69) is 0 Å². The molecule has 0 aromatic heterocycles. The highest BCUT2D eigenvalue weighted by atomic mass is 16.5. The van der Waals surface area contributed by atoms with Gasteiger partial charge in [0.15, 0.2) is 0 Å². The van der Waals surface area contributed by atoms with Crippen molar-refractivity contribution in [2.45, 2.75) is 32.5 Å². The van der Waals surface area contributed by atoms with Crippen molar-refractivity contribution in [2.75, 3.05) is 0 Å². The fourth-order valence-electron chi connectivity index (χ4n) is 1.16. The maximum atomic E-state index is 10.3. The van der Waals surface area contributed by atoms with E-state index < -0.39 is 0 Å². The van der Waals surface area contributed by atoms with Crippen LogP contribution >= 0.6 is 0 Å². The number of aldehydes is 1. The molecule has 2 heteroatoms. The third-order valence-corrected chi connectivity index (χ3v) is 1.67. The highest BCUT2D eigenvalue weighted by Gasteiger charge is 2.09. The molecule has 0 radical (unpaired) electrons. The summed E-state index contributed by atoms with van der Waals surface area (Å²) < 4.78 is 5.54. The number of carbonyl (C=O) groups is 1. The molecule has 2 nitrogen and oxygen atoms in total. The first-order valence-electron chi connectivity index (χ1n) is 4.21. The first kappa shape index (κ1) is 9.20. The molecule has 0 amide bonds. The summed E-state index contributed by atoms with van der Waals surface area (Å²) in [5.74, 6) is 0. The second kappa shape index (κ2) is 4.21. The molecule has 0 spiro atoms. The SMILES string of the molecule is CC(C)OC1C=CC(C=O)=CC1. The van der Waals surface area contributed by atoms with Crippen LogP contribution in [-0.4, -0.2) is 18.5 Å². The van der Waals surface area contributed by atoms with Crippen LogP contribution in [0.15, 0.2) is 23.8 Å². The standard InChI is InChI=1S/C10H14O2/c1-8(2)12-10-5-3-9(7-11)4-6-10/h3-5,7-8,10H,6H2,1-2H3. The first-order chi connectivity index (χ1) is 5.72. The molecule has 0 aromatic carbocycles. The second-order valence-corrected chi connectivity index (χ2v) is 3.14. The third kappa shape index (κ3) is 2.62. The van der Waals surface area contributed by atoms with Crippen molar-refractivity contribution in [3.8, 4) is 0 Å². The molecule has 0 heterocycles. The van der Waals surface area contributed by atoms with Crippen molar-refractivity contribution < 1.29 is 9.53 Å². The predicted molar refractivity (Wildman–Crippen MR) is 47.9 cm³/mol. The highest BCUT2D eigenvalue weighted by molar-refractivity contribution is 5.77. The lowest BCUT2D eigenvalue weighted by Gasteiger charge is -2.17. The van der Waals surface area contributed by atoms with Gasteiger partial charge in [-0.1, -0.05) is 18.2 Å². The van der Waals surface area contributed by atoms with Gasteiger partial charge in [0.05, 0.1) is 12.2 Å². The number of allylic oxidation sites excluding steroid dienone is 2. The molecule has 12 heavy (non-hydrogen) atoms. The van der Waals surface area contributed by atoms with E-state index >= 15 is 0 Å². The third-order valence-electron chi connectivity index (χ3n) is 1.67. The Labute approximate surface area is 72.9 Å².